The lowest BCUT2D eigenvalue weighted by Gasteiger charge is -2.21. The average molecular weight is 403 g/mol. The summed E-state index contributed by atoms with van der Waals surface area (Å²) in [5.74, 6) is 0.338. The molecule has 2 N–H and O–H groups in total. The minimum absolute atomic E-state index is 0.0368. The fourth-order valence-electron chi connectivity index (χ4n) is 2.85. The molecule has 0 saturated carbocycles. The van der Waals surface area contributed by atoms with Gasteiger partial charge in [0.15, 0.2) is 5.76 Å². The quantitative estimate of drug-likeness (QED) is 0.618. The first-order valence-electron chi connectivity index (χ1n) is 9.35. The normalized spacial score (nSPS) is 10.3. The summed E-state index contributed by atoms with van der Waals surface area (Å²) < 4.78 is 11.3. The van der Waals surface area contributed by atoms with Crippen molar-refractivity contribution in [1.82, 2.24) is 0 Å². The first kappa shape index (κ1) is 20.7. The smallest absolute Gasteiger partial charge is 0.293 e. The first-order valence-corrected chi connectivity index (χ1v) is 9.35. The van der Waals surface area contributed by atoms with Gasteiger partial charge in [0.05, 0.1) is 11.6 Å². The summed E-state index contributed by atoms with van der Waals surface area (Å²) in [6, 6.07) is 19.4. The molecule has 2 amide bonds. The van der Waals surface area contributed by atoms with Gasteiger partial charge < -0.3 is 19.8 Å². The number of ether oxygens (including phenoxy) is 1. The number of furan rings is 1. The molecule has 7 heteroatoms. The number of nitrogens with zero attached hydrogens (tertiary/aromatic N) is 2. The fraction of sp³-hybridized carbons (Fsp3) is 0.174. The summed E-state index contributed by atoms with van der Waals surface area (Å²) in [5.41, 5.74) is 7.46. The summed E-state index contributed by atoms with van der Waals surface area (Å²) >= 11 is 0. The Bertz CT molecular complexity index is 1080. The Balaban J connectivity index is 1.72. The van der Waals surface area contributed by atoms with E-state index in [1.807, 2.05) is 31.2 Å². The lowest BCUT2D eigenvalue weighted by molar-refractivity contribution is -0.117. The maximum atomic E-state index is 13.0. The highest BCUT2D eigenvalue weighted by molar-refractivity contribution is 6.04. The minimum atomic E-state index is -0.489. The van der Waals surface area contributed by atoms with Gasteiger partial charge in [-0.2, -0.15) is 5.26 Å². The van der Waals surface area contributed by atoms with Crippen molar-refractivity contribution in [3.8, 4) is 11.8 Å². The molecular weight excluding hydrogens is 382 g/mol. The molecule has 3 rings (SSSR count). The zero-order valence-corrected chi connectivity index (χ0v) is 16.5. The van der Waals surface area contributed by atoms with E-state index in [0.717, 1.165) is 5.56 Å². The molecule has 1 aromatic heterocycles. The summed E-state index contributed by atoms with van der Waals surface area (Å²) in [4.78, 5) is 25.8. The molecule has 0 spiro atoms. The van der Waals surface area contributed by atoms with Crippen molar-refractivity contribution in [3.63, 3.8) is 0 Å². The maximum Gasteiger partial charge on any atom is 0.293 e. The Morgan fingerprint density at radius 1 is 1.13 bits per heavy atom. The number of anilines is 1. The molecule has 152 valence electrons. The SMILES string of the molecule is Cc1cccc(N(CCC(N)=O)C(=O)c2ccc(COc3ccc(C#N)cc3)o2)c1. The standard InChI is InChI=1S/C23H21N3O4/c1-16-3-2-4-18(13-16)26(12-11-22(25)27)23(28)21-10-9-20(30-21)15-29-19-7-5-17(14-24)6-8-19/h2-10,13H,11-12,15H2,1H3,(H2,25,27). The van der Waals surface area contributed by atoms with Crippen molar-refractivity contribution in [2.75, 3.05) is 11.4 Å². The number of nitrogens with two attached hydrogens (primary N) is 1. The van der Waals surface area contributed by atoms with Gasteiger partial charge in [-0.1, -0.05) is 12.1 Å². The van der Waals surface area contributed by atoms with Crippen LogP contribution in [0.2, 0.25) is 0 Å². The Labute approximate surface area is 174 Å². The summed E-state index contributed by atoms with van der Waals surface area (Å²) in [6.45, 7) is 2.20. The average Bonchev–Trinajstić information content (AvgIpc) is 3.21. The summed E-state index contributed by atoms with van der Waals surface area (Å²) in [6.07, 6.45) is 0.0368. The number of carbonyl (C=O) groups excluding carboxylic acids is 2. The Hall–Kier alpha value is -4.05. The maximum absolute atomic E-state index is 13.0. The first-order chi connectivity index (χ1) is 14.5. The molecule has 0 aliphatic carbocycles. The van der Waals surface area contributed by atoms with Crippen molar-refractivity contribution < 1.29 is 18.7 Å². The largest absolute Gasteiger partial charge is 0.486 e. The molecule has 0 fully saturated rings. The third-order valence-electron chi connectivity index (χ3n) is 4.38. The van der Waals surface area contributed by atoms with Crippen LogP contribution in [0.5, 0.6) is 5.75 Å². The Morgan fingerprint density at radius 2 is 1.90 bits per heavy atom. The molecule has 0 bridgehead atoms. The van der Waals surface area contributed by atoms with Crippen LogP contribution < -0.4 is 15.4 Å². The van der Waals surface area contributed by atoms with Gasteiger partial charge in [-0.05, 0) is 61.0 Å². The van der Waals surface area contributed by atoms with Gasteiger partial charge in [-0.25, -0.2) is 0 Å². The number of amides is 2. The second-order valence-corrected chi connectivity index (χ2v) is 6.70. The van der Waals surface area contributed by atoms with Crippen LogP contribution in [0.25, 0.3) is 0 Å². The number of benzene rings is 2. The molecule has 2 aromatic carbocycles. The number of hydrogen-bond acceptors (Lipinski definition) is 5. The van der Waals surface area contributed by atoms with Gasteiger partial charge in [0.2, 0.25) is 5.91 Å². The van der Waals surface area contributed by atoms with Crippen LogP contribution in [0.4, 0.5) is 5.69 Å². The minimum Gasteiger partial charge on any atom is -0.486 e. The van der Waals surface area contributed by atoms with E-state index in [1.54, 1.807) is 42.5 Å². The van der Waals surface area contributed by atoms with Crippen LogP contribution in [0.1, 0.15) is 33.9 Å². The summed E-state index contributed by atoms with van der Waals surface area (Å²) in [7, 11) is 0. The predicted octanol–water partition coefficient (Wildman–Crippen LogP) is 3.56. The number of carbonyl (C=O) groups is 2. The van der Waals surface area contributed by atoms with Crippen molar-refractivity contribution in [1.29, 1.82) is 5.26 Å². The van der Waals surface area contributed by atoms with E-state index in [1.165, 1.54) is 4.90 Å². The van der Waals surface area contributed by atoms with Crippen LogP contribution in [0, 0.1) is 18.3 Å². The topological polar surface area (TPSA) is 110 Å². The molecular formula is C23H21N3O4. The molecule has 30 heavy (non-hydrogen) atoms. The molecule has 3 aromatic rings. The third-order valence-corrected chi connectivity index (χ3v) is 4.38. The lowest BCUT2D eigenvalue weighted by atomic mass is 10.2. The molecule has 0 aliphatic rings. The van der Waals surface area contributed by atoms with Gasteiger partial charge in [0.25, 0.3) is 5.91 Å². The number of nitriles is 1. The van der Waals surface area contributed by atoms with E-state index in [-0.39, 0.29) is 31.2 Å². The highest BCUT2D eigenvalue weighted by atomic mass is 16.5. The van der Waals surface area contributed by atoms with Crippen LogP contribution in [-0.4, -0.2) is 18.4 Å². The van der Waals surface area contributed by atoms with Gasteiger partial charge in [-0.15, -0.1) is 0 Å². The van der Waals surface area contributed by atoms with Crippen molar-refractivity contribution >= 4 is 17.5 Å². The fourth-order valence-corrected chi connectivity index (χ4v) is 2.85. The number of aryl methyl sites for hydroxylation is 1. The number of hydrogen-bond donors (Lipinski definition) is 1. The zero-order chi connectivity index (χ0) is 21.5. The predicted molar refractivity (Wildman–Crippen MR) is 111 cm³/mol. The van der Waals surface area contributed by atoms with Crippen LogP contribution in [-0.2, 0) is 11.4 Å². The van der Waals surface area contributed by atoms with Crippen molar-refractivity contribution in [3.05, 3.63) is 83.3 Å². The molecule has 0 saturated heterocycles. The Morgan fingerprint density at radius 3 is 2.57 bits per heavy atom. The van der Waals surface area contributed by atoms with E-state index < -0.39 is 5.91 Å². The van der Waals surface area contributed by atoms with Crippen molar-refractivity contribution in [2.24, 2.45) is 5.73 Å². The lowest BCUT2D eigenvalue weighted by Crippen LogP contribution is -2.34. The molecule has 0 atom stereocenters. The van der Waals surface area contributed by atoms with Crippen LogP contribution in [0.15, 0.2) is 65.1 Å². The molecule has 7 nitrogen and oxygen atoms in total. The van der Waals surface area contributed by atoms with Crippen LogP contribution in [0.3, 0.4) is 0 Å². The number of primary amides is 1. The third kappa shape index (κ3) is 5.26. The van der Waals surface area contributed by atoms with Crippen molar-refractivity contribution in [2.45, 2.75) is 20.0 Å². The second kappa shape index (κ2) is 9.43. The highest BCUT2D eigenvalue weighted by Crippen LogP contribution is 2.21. The van der Waals surface area contributed by atoms with E-state index in [0.29, 0.717) is 22.8 Å². The Kier molecular flexibility index (Phi) is 6.50. The van der Waals surface area contributed by atoms with Gasteiger partial charge in [-0.3, -0.25) is 9.59 Å². The van der Waals surface area contributed by atoms with Gasteiger partial charge in [0.1, 0.15) is 18.1 Å². The molecule has 0 aliphatic heterocycles. The van der Waals surface area contributed by atoms with E-state index in [9.17, 15) is 9.59 Å². The monoisotopic (exact) mass is 403 g/mol. The van der Waals surface area contributed by atoms with E-state index >= 15 is 0 Å². The second-order valence-electron chi connectivity index (χ2n) is 6.70. The van der Waals surface area contributed by atoms with Gasteiger partial charge >= 0.3 is 0 Å². The number of rotatable bonds is 8. The van der Waals surface area contributed by atoms with E-state index in [2.05, 4.69) is 0 Å². The summed E-state index contributed by atoms with van der Waals surface area (Å²) in [5, 5.41) is 8.83. The zero-order valence-electron chi connectivity index (χ0n) is 16.5. The molecule has 1 heterocycles. The highest BCUT2D eigenvalue weighted by Gasteiger charge is 2.22. The van der Waals surface area contributed by atoms with Crippen LogP contribution >= 0.6 is 0 Å². The van der Waals surface area contributed by atoms with Gasteiger partial charge in [0, 0.05) is 18.7 Å². The van der Waals surface area contributed by atoms with E-state index in [4.69, 9.17) is 20.1 Å². The molecule has 0 radical (unpaired) electrons. The molecule has 0 unspecified atom stereocenters.